The van der Waals surface area contributed by atoms with Crippen molar-refractivity contribution in [1.82, 2.24) is 9.97 Å². The molecule has 0 amide bonds. The molecule has 1 saturated carbocycles. The number of thioether (sulfide) groups is 1. The maximum atomic E-state index is 9.17. The second-order valence-corrected chi connectivity index (χ2v) is 6.06. The molecule has 3 atom stereocenters. The SMILES string of the molecule is Cc1cnc(SC2CC(C)CCC2C#N)nc1. The fourth-order valence-electron chi connectivity index (χ4n) is 2.18. The first-order valence-corrected chi connectivity index (χ1v) is 6.92. The normalized spacial score (nSPS) is 28.6. The Morgan fingerprint density at radius 3 is 2.71 bits per heavy atom. The van der Waals surface area contributed by atoms with Crippen molar-refractivity contribution in [3.8, 4) is 6.07 Å². The van der Waals surface area contributed by atoms with Crippen LogP contribution >= 0.6 is 11.8 Å². The lowest BCUT2D eigenvalue weighted by atomic mass is 9.83. The van der Waals surface area contributed by atoms with Crippen molar-refractivity contribution in [1.29, 1.82) is 5.26 Å². The molecule has 3 unspecified atom stereocenters. The molecule has 0 bridgehead atoms. The lowest BCUT2D eigenvalue weighted by molar-refractivity contribution is 0.345. The van der Waals surface area contributed by atoms with Gasteiger partial charge in [-0.3, -0.25) is 0 Å². The first-order valence-electron chi connectivity index (χ1n) is 6.04. The summed E-state index contributed by atoms with van der Waals surface area (Å²) in [5, 5.41) is 10.3. The van der Waals surface area contributed by atoms with Gasteiger partial charge in [0.2, 0.25) is 0 Å². The highest BCUT2D eigenvalue weighted by Crippen LogP contribution is 2.38. The molecule has 4 heteroatoms. The van der Waals surface area contributed by atoms with E-state index in [1.807, 2.05) is 19.3 Å². The van der Waals surface area contributed by atoms with E-state index in [-0.39, 0.29) is 5.92 Å². The minimum atomic E-state index is 0.154. The quantitative estimate of drug-likeness (QED) is 0.753. The third-order valence-electron chi connectivity index (χ3n) is 3.23. The van der Waals surface area contributed by atoms with Crippen LogP contribution in [-0.2, 0) is 0 Å². The number of nitrogens with zero attached hydrogens (tertiary/aromatic N) is 3. The third kappa shape index (κ3) is 3.19. The first-order chi connectivity index (χ1) is 8.19. The fourth-order valence-corrected chi connectivity index (χ4v) is 3.47. The Kier molecular flexibility index (Phi) is 4.01. The summed E-state index contributed by atoms with van der Waals surface area (Å²) in [6, 6.07) is 2.43. The van der Waals surface area contributed by atoms with Crippen LogP contribution < -0.4 is 0 Å². The molecule has 0 aromatic carbocycles. The number of hydrogen-bond donors (Lipinski definition) is 0. The lowest BCUT2D eigenvalue weighted by Gasteiger charge is -2.29. The Morgan fingerprint density at radius 2 is 2.06 bits per heavy atom. The van der Waals surface area contributed by atoms with E-state index in [1.165, 1.54) is 6.42 Å². The zero-order valence-corrected chi connectivity index (χ0v) is 11.1. The zero-order valence-electron chi connectivity index (χ0n) is 10.3. The van der Waals surface area contributed by atoms with E-state index >= 15 is 0 Å². The van der Waals surface area contributed by atoms with Crippen molar-refractivity contribution < 1.29 is 0 Å². The molecule has 17 heavy (non-hydrogen) atoms. The Balaban J connectivity index is 2.05. The molecular weight excluding hydrogens is 230 g/mol. The minimum Gasteiger partial charge on any atom is -0.231 e. The Hall–Kier alpha value is -1.08. The predicted molar refractivity (Wildman–Crippen MR) is 68.5 cm³/mol. The van der Waals surface area contributed by atoms with Crippen LogP contribution in [0.5, 0.6) is 0 Å². The van der Waals surface area contributed by atoms with Gasteiger partial charge in [0.05, 0.1) is 12.0 Å². The largest absolute Gasteiger partial charge is 0.231 e. The zero-order chi connectivity index (χ0) is 12.3. The maximum absolute atomic E-state index is 9.17. The number of rotatable bonds is 2. The van der Waals surface area contributed by atoms with Crippen LogP contribution in [0.3, 0.4) is 0 Å². The van der Waals surface area contributed by atoms with Gasteiger partial charge in [0, 0.05) is 17.6 Å². The number of hydrogen-bond acceptors (Lipinski definition) is 4. The Bertz CT molecular complexity index is 410. The van der Waals surface area contributed by atoms with Gasteiger partial charge in [-0.15, -0.1) is 0 Å². The molecule has 1 heterocycles. The molecule has 0 radical (unpaired) electrons. The second kappa shape index (κ2) is 5.50. The molecule has 0 saturated heterocycles. The smallest absolute Gasteiger partial charge is 0.187 e. The summed E-state index contributed by atoms with van der Waals surface area (Å²) in [7, 11) is 0. The highest BCUT2D eigenvalue weighted by Gasteiger charge is 2.30. The molecule has 1 aromatic rings. The molecule has 1 fully saturated rings. The number of nitriles is 1. The van der Waals surface area contributed by atoms with Gasteiger partial charge in [0.1, 0.15) is 0 Å². The molecule has 0 aliphatic heterocycles. The van der Waals surface area contributed by atoms with E-state index in [4.69, 9.17) is 5.26 Å². The monoisotopic (exact) mass is 247 g/mol. The summed E-state index contributed by atoms with van der Waals surface area (Å²) < 4.78 is 0. The van der Waals surface area contributed by atoms with E-state index in [1.54, 1.807) is 11.8 Å². The van der Waals surface area contributed by atoms with Crippen molar-refractivity contribution in [2.45, 2.75) is 43.5 Å². The molecule has 0 N–H and O–H groups in total. The molecule has 1 aliphatic rings. The van der Waals surface area contributed by atoms with Gasteiger partial charge in [-0.25, -0.2) is 9.97 Å². The summed E-state index contributed by atoms with van der Waals surface area (Å²) in [5.74, 6) is 0.864. The summed E-state index contributed by atoms with van der Waals surface area (Å²) in [5.41, 5.74) is 1.07. The van der Waals surface area contributed by atoms with Crippen LogP contribution in [0, 0.1) is 30.1 Å². The average molecular weight is 247 g/mol. The fraction of sp³-hybridized carbons (Fsp3) is 0.615. The van der Waals surface area contributed by atoms with Gasteiger partial charge < -0.3 is 0 Å². The molecule has 1 aliphatic carbocycles. The van der Waals surface area contributed by atoms with E-state index in [2.05, 4.69) is 23.0 Å². The molecule has 1 aromatic heterocycles. The number of aromatic nitrogens is 2. The van der Waals surface area contributed by atoms with Crippen molar-refractivity contribution in [3.63, 3.8) is 0 Å². The van der Waals surface area contributed by atoms with Crippen LogP contribution in [0.2, 0.25) is 0 Å². The van der Waals surface area contributed by atoms with Gasteiger partial charge in [-0.05, 0) is 37.7 Å². The van der Waals surface area contributed by atoms with Gasteiger partial charge in [0.15, 0.2) is 5.16 Å². The first kappa shape index (κ1) is 12.4. The highest BCUT2D eigenvalue weighted by molar-refractivity contribution is 7.99. The van der Waals surface area contributed by atoms with Crippen LogP contribution in [0.25, 0.3) is 0 Å². The minimum absolute atomic E-state index is 0.154. The van der Waals surface area contributed by atoms with Crippen LogP contribution in [0.1, 0.15) is 31.7 Å². The van der Waals surface area contributed by atoms with Crippen molar-refractivity contribution in [3.05, 3.63) is 18.0 Å². The summed E-state index contributed by atoms with van der Waals surface area (Å²) in [6.07, 6.45) is 6.96. The predicted octanol–water partition coefficient (Wildman–Crippen LogP) is 3.21. The van der Waals surface area contributed by atoms with Crippen molar-refractivity contribution in [2.75, 3.05) is 0 Å². The molecule has 0 spiro atoms. The molecule has 2 rings (SSSR count). The molecule has 3 nitrogen and oxygen atoms in total. The molecule has 90 valence electrons. The molecular formula is C13H17N3S. The van der Waals surface area contributed by atoms with Gasteiger partial charge in [0.25, 0.3) is 0 Å². The number of aryl methyl sites for hydroxylation is 1. The van der Waals surface area contributed by atoms with Crippen LogP contribution in [0.15, 0.2) is 17.6 Å². The lowest BCUT2D eigenvalue weighted by Crippen LogP contribution is -2.25. The van der Waals surface area contributed by atoms with Crippen molar-refractivity contribution in [2.24, 2.45) is 11.8 Å². The summed E-state index contributed by atoms with van der Waals surface area (Å²) >= 11 is 1.66. The van der Waals surface area contributed by atoms with E-state index < -0.39 is 0 Å². The van der Waals surface area contributed by atoms with Gasteiger partial charge in [-0.1, -0.05) is 18.7 Å². The summed E-state index contributed by atoms with van der Waals surface area (Å²) in [4.78, 5) is 8.62. The van der Waals surface area contributed by atoms with Gasteiger partial charge in [-0.2, -0.15) is 5.26 Å². The van der Waals surface area contributed by atoms with Crippen molar-refractivity contribution >= 4 is 11.8 Å². The van der Waals surface area contributed by atoms with E-state index in [0.29, 0.717) is 11.2 Å². The Labute approximate surface area is 107 Å². The standard InChI is InChI=1S/C13H17N3S/c1-9-3-4-11(6-14)12(5-9)17-13-15-7-10(2)8-16-13/h7-9,11-12H,3-5H2,1-2H3. The average Bonchev–Trinajstić information content (AvgIpc) is 2.32. The topological polar surface area (TPSA) is 49.6 Å². The van der Waals surface area contributed by atoms with Crippen LogP contribution in [0.4, 0.5) is 0 Å². The Morgan fingerprint density at radius 1 is 1.35 bits per heavy atom. The van der Waals surface area contributed by atoms with Gasteiger partial charge >= 0.3 is 0 Å². The summed E-state index contributed by atoms with van der Waals surface area (Å²) in [6.45, 7) is 4.24. The highest BCUT2D eigenvalue weighted by atomic mass is 32.2. The third-order valence-corrected chi connectivity index (χ3v) is 4.48. The van der Waals surface area contributed by atoms with E-state index in [9.17, 15) is 0 Å². The van der Waals surface area contributed by atoms with Crippen LogP contribution in [-0.4, -0.2) is 15.2 Å². The maximum Gasteiger partial charge on any atom is 0.187 e. The second-order valence-electron chi connectivity index (χ2n) is 4.85. The van der Waals surface area contributed by atoms with E-state index in [0.717, 1.165) is 23.6 Å².